The van der Waals surface area contributed by atoms with Crippen LogP contribution in [-0.4, -0.2) is 6.04 Å². The molecule has 1 fully saturated rings. The summed E-state index contributed by atoms with van der Waals surface area (Å²) in [5, 5.41) is 0. The Morgan fingerprint density at radius 3 is 2.00 bits per heavy atom. The number of halogens is 3. The largest absolute Gasteiger partial charge is 0.416 e. The smallest absolute Gasteiger partial charge is 0.327 e. The molecule has 1 nitrogen and oxygen atoms in total. The normalized spacial score (nSPS) is 19.8. The molecule has 0 heterocycles. The van der Waals surface area contributed by atoms with Crippen molar-refractivity contribution < 1.29 is 13.2 Å². The van der Waals surface area contributed by atoms with Crippen molar-refractivity contribution in [1.29, 1.82) is 0 Å². The van der Waals surface area contributed by atoms with E-state index in [1.807, 2.05) is 0 Å². The topological polar surface area (TPSA) is 26.0 Å². The summed E-state index contributed by atoms with van der Waals surface area (Å²) in [5.74, 6) is 0.507. The number of nitrogens with two attached hydrogens (primary N) is 1. The lowest BCUT2D eigenvalue weighted by Crippen LogP contribution is -2.32. The molecule has 21 heavy (non-hydrogen) atoms. The molecule has 0 aromatic heterocycles. The van der Waals surface area contributed by atoms with Crippen molar-refractivity contribution in [2.24, 2.45) is 11.7 Å². The van der Waals surface area contributed by atoms with Gasteiger partial charge in [-0.25, -0.2) is 0 Å². The highest BCUT2D eigenvalue weighted by Crippen LogP contribution is 2.30. The number of hydrogen-bond donors (Lipinski definition) is 1. The van der Waals surface area contributed by atoms with Gasteiger partial charge >= 0.3 is 6.18 Å². The van der Waals surface area contributed by atoms with Crippen molar-refractivity contribution in [1.82, 2.24) is 0 Å². The third kappa shape index (κ3) is 5.03. The molecular formula is C17H24F3N. The zero-order valence-electron chi connectivity index (χ0n) is 12.3. The summed E-state index contributed by atoms with van der Waals surface area (Å²) in [7, 11) is 0. The van der Waals surface area contributed by atoms with Crippen molar-refractivity contribution in [2.45, 2.75) is 63.6 Å². The van der Waals surface area contributed by atoms with Crippen LogP contribution in [0, 0.1) is 5.92 Å². The van der Waals surface area contributed by atoms with E-state index in [1.165, 1.54) is 32.1 Å². The van der Waals surface area contributed by atoms with Gasteiger partial charge in [0.25, 0.3) is 0 Å². The van der Waals surface area contributed by atoms with E-state index in [0.717, 1.165) is 30.5 Å². The van der Waals surface area contributed by atoms with E-state index in [9.17, 15) is 13.2 Å². The Kier molecular flexibility index (Phi) is 5.68. The highest BCUT2D eigenvalue weighted by Gasteiger charge is 2.30. The first kappa shape index (κ1) is 16.3. The predicted molar refractivity (Wildman–Crippen MR) is 78.9 cm³/mol. The summed E-state index contributed by atoms with van der Waals surface area (Å²) in [5.41, 5.74) is 6.61. The maximum atomic E-state index is 12.5. The highest BCUT2D eigenvalue weighted by molar-refractivity contribution is 5.25. The summed E-state index contributed by atoms with van der Waals surface area (Å²) in [6.45, 7) is 0. The molecule has 4 heteroatoms. The number of benzene rings is 1. The molecule has 1 aliphatic carbocycles. The minimum Gasteiger partial charge on any atom is -0.327 e. The molecule has 0 radical (unpaired) electrons. The van der Waals surface area contributed by atoms with Crippen molar-refractivity contribution in [3.05, 3.63) is 35.4 Å². The number of alkyl halides is 3. The van der Waals surface area contributed by atoms with Crippen LogP contribution in [0.15, 0.2) is 24.3 Å². The van der Waals surface area contributed by atoms with Crippen LogP contribution in [-0.2, 0) is 12.6 Å². The lowest BCUT2D eigenvalue weighted by atomic mass is 9.84. The summed E-state index contributed by atoms with van der Waals surface area (Å²) in [4.78, 5) is 0. The molecule has 0 saturated heterocycles. The third-order valence-electron chi connectivity index (χ3n) is 4.51. The van der Waals surface area contributed by atoms with Crippen LogP contribution in [0.2, 0.25) is 0 Å². The first-order valence-electron chi connectivity index (χ1n) is 7.88. The van der Waals surface area contributed by atoms with Crippen LogP contribution in [0.4, 0.5) is 13.2 Å². The summed E-state index contributed by atoms with van der Waals surface area (Å²) in [6, 6.07) is 5.48. The van der Waals surface area contributed by atoms with Crippen LogP contribution < -0.4 is 5.73 Å². The van der Waals surface area contributed by atoms with Gasteiger partial charge in [-0.15, -0.1) is 0 Å². The zero-order valence-corrected chi connectivity index (χ0v) is 12.3. The number of hydrogen-bond acceptors (Lipinski definition) is 1. The van der Waals surface area contributed by atoms with Gasteiger partial charge in [0, 0.05) is 6.04 Å². The van der Waals surface area contributed by atoms with Gasteiger partial charge in [0.2, 0.25) is 0 Å². The van der Waals surface area contributed by atoms with Crippen molar-refractivity contribution in [3.8, 4) is 0 Å². The molecule has 0 aliphatic heterocycles. The van der Waals surface area contributed by atoms with E-state index in [1.54, 1.807) is 12.1 Å². The monoisotopic (exact) mass is 299 g/mol. The Labute approximate surface area is 124 Å². The Morgan fingerprint density at radius 2 is 1.48 bits per heavy atom. The van der Waals surface area contributed by atoms with E-state index in [-0.39, 0.29) is 6.04 Å². The van der Waals surface area contributed by atoms with Crippen LogP contribution in [0.25, 0.3) is 0 Å². The van der Waals surface area contributed by atoms with Crippen LogP contribution in [0.3, 0.4) is 0 Å². The second-order valence-electron chi connectivity index (χ2n) is 6.17. The molecule has 0 bridgehead atoms. The van der Waals surface area contributed by atoms with E-state index >= 15 is 0 Å². The molecule has 2 rings (SSSR count). The second-order valence-corrected chi connectivity index (χ2v) is 6.17. The van der Waals surface area contributed by atoms with Crippen molar-refractivity contribution >= 4 is 0 Å². The first-order chi connectivity index (χ1) is 9.97. The van der Waals surface area contributed by atoms with E-state index in [0.29, 0.717) is 12.3 Å². The minimum absolute atomic E-state index is 0.0554. The molecule has 1 unspecified atom stereocenters. The minimum atomic E-state index is -4.26. The van der Waals surface area contributed by atoms with Crippen molar-refractivity contribution in [3.63, 3.8) is 0 Å². The molecule has 1 saturated carbocycles. The van der Waals surface area contributed by atoms with Crippen LogP contribution >= 0.6 is 0 Å². The molecule has 2 N–H and O–H groups in total. The number of rotatable bonds is 3. The Bertz CT molecular complexity index is 417. The average Bonchev–Trinajstić information content (AvgIpc) is 2.37. The maximum absolute atomic E-state index is 12.5. The summed E-state index contributed by atoms with van der Waals surface area (Å²) in [6.07, 6.45) is 5.05. The summed E-state index contributed by atoms with van der Waals surface area (Å²) >= 11 is 0. The van der Waals surface area contributed by atoms with Gasteiger partial charge in [-0.2, -0.15) is 13.2 Å². The highest BCUT2D eigenvalue weighted by atomic mass is 19.4. The summed E-state index contributed by atoms with van der Waals surface area (Å²) < 4.78 is 37.6. The molecule has 0 amide bonds. The average molecular weight is 299 g/mol. The molecule has 118 valence electrons. The molecule has 1 aliphatic rings. The van der Waals surface area contributed by atoms with Crippen molar-refractivity contribution in [2.75, 3.05) is 0 Å². The molecule has 0 spiro atoms. The fourth-order valence-electron chi connectivity index (χ4n) is 3.18. The lowest BCUT2D eigenvalue weighted by molar-refractivity contribution is -0.137. The van der Waals surface area contributed by atoms with Crippen LogP contribution in [0.5, 0.6) is 0 Å². The van der Waals surface area contributed by atoms with Gasteiger partial charge in [-0.3, -0.25) is 0 Å². The Balaban J connectivity index is 1.93. The van der Waals surface area contributed by atoms with Gasteiger partial charge in [0.15, 0.2) is 0 Å². The standard InChI is InChI=1S/C17H24F3N/c18-17(19,20)15-10-8-13(9-11-15)12-16(21)14-6-4-2-1-3-5-7-14/h8-11,14,16H,1-7,12,21H2. The second kappa shape index (κ2) is 7.30. The third-order valence-corrected chi connectivity index (χ3v) is 4.51. The van der Waals surface area contributed by atoms with E-state index in [4.69, 9.17) is 5.73 Å². The molecule has 1 aromatic rings. The van der Waals surface area contributed by atoms with Gasteiger partial charge < -0.3 is 5.73 Å². The quantitative estimate of drug-likeness (QED) is 0.841. The fourth-order valence-corrected chi connectivity index (χ4v) is 3.18. The maximum Gasteiger partial charge on any atom is 0.416 e. The lowest BCUT2D eigenvalue weighted by Gasteiger charge is -2.26. The molecule has 1 aromatic carbocycles. The zero-order chi connectivity index (χ0) is 15.3. The predicted octanol–water partition coefficient (Wildman–Crippen LogP) is 4.94. The molecule has 1 atom stereocenters. The SMILES string of the molecule is NC(Cc1ccc(C(F)(F)F)cc1)C1CCCCCCC1. The Hall–Kier alpha value is -1.03. The Morgan fingerprint density at radius 1 is 0.952 bits per heavy atom. The van der Waals surface area contributed by atoms with E-state index < -0.39 is 11.7 Å². The van der Waals surface area contributed by atoms with E-state index in [2.05, 4.69) is 0 Å². The first-order valence-corrected chi connectivity index (χ1v) is 7.88. The van der Waals surface area contributed by atoms with Crippen LogP contribution in [0.1, 0.15) is 56.1 Å². The van der Waals surface area contributed by atoms with Gasteiger partial charge in [0.05, 0.1) is 5.56 Å². The van der Waals surface area contributed by atoms with Gasteiger partial charge in [0.1, 0.15) is 0 Å². The van der Waals surface area contributed by atoms with Gasteiger partial charge in [-0.1, -0.05) is 44.2 Å². The molecular weight excluding hydrogens is 275 g/mol. The van der Waals surface area contributed by atoms with Gasteiger partial charge in [-0.05, 0) is 42.9 Å². The fraction of sp³-hybridized carbons (Fsp3) is 0.647.